The highest BCUT2D eigenvalue weighted by Crippen LogP contribution is 2.50. The Kier molecular flexibility index (Phi) is 6.19. The first kappa shape index (κ1) is 21.1. The van der Waals surface area contributed by atoms with E-state index in [1.54, 1.807) is 12.3 Å². The van der Waals surface area contributed by atoms with E-state index in [1.165, 1.54) is 11.3 Å². The van der Waals surface area contributed by atoms with E-state index in [-0.39, 0.29) is 27.8 Å². The predicted octanol–water partition coefficient (Wildman–Crippen LogP) is 5.15. The summed E-state index contributed by atoms with van der Waals surface area (Å²) in [5, 5.41) is 7.12. The third-order valence-corrected chi connectivity index (χ3v) is 6.68. The van der Waals surface area contributed by atoms with Crippen molar-refractivity contribution in [1.29, 1.82) is 0 Å². The monoisotopic (exact) mass is 488 g/mol. The van der Waals surface area contributed by atoms with Crippen molar-refractivity contribution in [2.75, 3.05) is 0 Å². The number of aromatic nitrogens is 1. The summed E-state index contributed by atoms with van der Waals surface area (Å²) in [6.07, 6.45) is 0.115. The largest absolute Gasteiger partial charge is 0.241 e. The molecule has 24 heavy (non-hydrogen) atoms. The Labute approximate surface area is 173 Å². The number of thiazole rings is 1. The summed E-state index contributed by atoms with van der Waals surface area (Å²) < 4.78 is 22.1. The van der Waals surface area contributed by atoms with Gasteiger partial charge in [-0.1, -0.05) is 58.0 Å². The van der Waals surface area contributed by atoms with Gasteiger partial charge >= 0.3 is 0 Å². The van der Waals surface area contributed by atoms with Crippen LogP contribution in [-0.2, 0) is 16.4 Å². The molecule has 0 spiro atoms. The molecule has 2 N–H and O–H groups in total. The number of nitrogens with zero attached hydrogens (tertiary/aromatic N) is 1. The van der Waals surface area contributed by atoms with Crippen LogP contribution in [0.4, 0.5) is 0 Å². The molecule has 0 radical (unpaired) electrons. The van der Waals surface area contributed by atoms with Crippen molar-refractivity contribution in [3.8, 4) is 0 Å². The number of hydrogen-bond donors (Lipinski definition) is 1. The van der Waals surface area contributed by atoms with Crippen LogP contribution in [0.25, 0.3) is 5.57 Å². The third kappa shape index (κ3) is 4.72. The lowest BCUT2D eigenvalue weighted by Gasteiger charge is -2.30. The summed E-state index contributed by atoms with van der Waals surface area (Å²) in [6, 6.07) is 0. The molecule has 1 atom stereocenters. The Bertz CT molecular complexity index is 836. The second kappa shape index (κ2) is 7.06. The molecule has 0 saturated carbocycles. The van der Waals surface area contributed by atoms with Crippen LogP contribution >= 0.6 is 80.9 Å². The SMILES string of the molecule is CC1(Cl)CC(Cl)=C(S(N)(=O)=O)C(Cl)=C1c1nc(CC(Cl)(Cl)Cl)cs1. The first-order chi connectivity index (χ1) is 10.7. The van der Waals surface area contributed by atoms with Gasteiger partial charge < -0.3 is 0 Å². The van der Waals surface area contributed by atoms with Crippen LogP contribution in [0.15, 0.2) is 20.3 Å². The maximum Gasteiger partial charge on any atom is 0.240 e. The average Bonchev–Trinajstić information content (AvgIpc) is 2.69. The zero-order valence-corrected chi connectivity index (χ0v) is 18.1. The van der Waals surface area contributed by atoms with Gasteiger partial charge in [-0.15, -0.1) is 22.9 Å². The molecule has 1 aliphatic rings. The van der Waals surface area contributed by atoms with Gasteiger partial charge in [0.2, 0.25) is 10.0 Å². The Hall–Kier alpha value is 0.760. The van der Waals surface area contributed by atoms with Gasteiger partial charge in [0.25, 0.3) is 0 Å². The van der Waals surface area contributed by atoms with E-state index in [4.69, 9.17) is 74.7 Å². The molecule has 1 heterocycles. The lowest BCUT2D eigenvalue weighted by molar-refractivity contribution is 0.603. The molecule has 12 heteroatoms. The van der Waals surface area contributed by atoms with Gasteiger partial charge in [0, 0.05) is 28.8 Å². The Morgan fingerprint density at radius 2 is 1.96 bits per heavy atom. The number of primary sulfonamides is 1. The molecule has 0 amide bonds. The van der Waals surface area contributed by atoms with Crippen molar-refractivity contribution in [3.05, 3.63) is 31.1 Å². The van der Waals surface area contributed by atoms with Crippen LogP contribution in [0.2, 0.25) is 0 Å². The van der Waals surface area contributed by atoms with Gasteiger partial charge in [-0.2, -0.15) is 0 Å². The summed E-state index contributed by atoms with van der Waals surface area (Å²) in [7, 11) is -4.12. The minimum atomic E-state index is -4.12. The number of alkyl halides is 4. The maximum atomic E-state index is 11.8. The molecule has 1 aromatic rings. The number of allylic oxidation sites excluding steroid dienone is 3. The fraction of sp³-hybridized carbons (Fsp3) is 0.417. The van der Waals surface area contributed by atoms with Crippen molar-refractivity contribution in [2.24, 2.45) is 5.14 Å². The molecule has 134 valence electrons. The minimum Gasteiger partial charge on any atom is -0.241 e. The second-order valence-corrected chi connectivity index (χ2v) is 11.8. The summed E-state index contributed by atoms with van der Waals surface area (Å²) in [4.78, 5) is 2.94. The predicted molar refractivity (Wildman–Crippen MR) is 104 cm³/mol. The number of rotatable bonds is 3. The first-order valence-corrected chi connectivity index (χ1v) is 10.9. The summed E-state index contributed by atoms with van der Waals surface area (Å²) in [5.74, 6) is 0. The van der Waals surface area contributed by atoms with Crippen LogP contribution in [0.1, 0.15) is 24.0 Å². The topological polar surface area (TPSA) is 73.1 Å². The fourth-order valence-corrected chi connectivity index (χ4v) is 6.38. The standard InChI is InChI=1S/C12H10Cl6N2O2S2/c1-11(15)3-6(13)9(24(19,21)22)8(14)7(11)10-20-5(4-23-10)2-12(16,17)18/h4H,2-3H2,1H3,(H2,19,21,22). The van der Waals surface area contributed by atoms with E-state index in [0.717, 1.165) is 0 Å². The number of halogens is 6. The lowest BCUT2D eigenvalue weighted by atomic mass is 9.92. The van der Waals surface area contributed by atoms with E-state index in [2.05, 4.69) is 4.98 Å². The molecular formula is C12H10Cl6N2O2S2. The Morgan fingerprint density at radius 3 is 2.46 bits per heavy atom. The van der Waals surface area contributed by atoms with Gasteiger partial charge in [-0.25, -0.2) is 18.5 Å². The third-order valence-electron chi connectivity index (χ3n) is 3.11. The van der Waals surface area contributed by atoms with Gasteiger partial charge in [-0.3, -0.25) is 0 Å². The molecule has 2 rings (SSSR count). The van der Waals surface area contributed by atoms with Gasteiger partial charge in [0.1, 0.15) is 9.91 Å². The fourth-order valence-electron chi connectivity index (χ4n) is 2.23. The first-order valence-electron chi connectivity index (χ1n) is 6.25. The second-order valence-electron chi connectivity index (χ2n) is 5.28. The van der Waals surface area contributed by atoms with Crippen molar-refractivity contribution < 1.29 is 8.42 Å². The highest BCUT2D eigenvalue weighted by atomic mass is 35.6. The maximum absolute atomic E-state index is 11.8. The van der Waals surface area contributed by atoms with E-state index in [0.29, 0.717) is 16.3 Å². The molecule has 0 saturated heterocycles. The van der Waals surface area contributed by atoms with Crippen molar-refractivity contribution in [2.45, 2.75) is 28.4 Å². The molecule has 4 nitrogen and oxygen atoms in total. The summed E-state index contributed by atoms with van der Waals surface area (Å²) >= 11 is 37.3. The van der Waals surface area contributed by atoms with Gasteiger partial charge in [0.15, 0.2) is 3.79 Å². The van der Waals surface area contributed by atoms with Crippen LogP contribution < -0.4 is 5.14 Å². The zero-order chi connectivity index (χ0) is 18.5. The van der Waals surface area contributed by atoms with Crippen molar-refractivity contribution in [1.82, 2.24) is 4.98 Å². The zero-order valence-electron chi connectivity index (χ0n) is 11.9. The highest BCUT2D eigenvalue weighted by Gasteiger charge is 2.41. The molecule has 1 aliphatic carbocycles. The molecule has 1 aromatic heterocycles. The number of sulfonamides is 1. The number of hydrogen-bond acceptors (Lipinski definition) is 4. The van der Waals surface area contributed by atoms with E-state index in [1.807, 2.05) is 0 Å². The molecule has 0 aliphatic heterocycles. The van der Waals surface area contributed by atoms with Crippen LogP contribution in [0.5, 0.6) is 0 Å². The van der Waals surface area contributed by atoms with Crippen LogP contribution in [0.3, 0.4) is 0 Å². The van der Waals surface area contributed by atoms with E-state index >= 15 is 0 Å². The Morgan fingerprint density at radius 1 is 1.38 bits per heavy atom. The van der Waals surface area contributed by atoms with Crippen molar-refractivity contribution in [3.63, 3.8) is 0 Å². The van der Waals surface area contributed by atoms with Gasteiger partial charge in [0.05, 0.1) is 15.6 Å². The minimum absolute atomic E-state index is 0.0261. The van der Waals surface area contributed by atoms with Gasteiger partial charge in [-0.05, 0) is 6.92 Å². The van der Waals surface area contributed by atoms with Crippen LogP contribution in [-0.4, -0.2) is 22.1 Å². The quantitative estimate of drug-likeness (QED) is 0.596. The normalized spacial score (nSPS) is 23.2. The molecule has 0 bridgehead atoms. The average molecular weight is 491 g/mol. The highest BCUT2D eigenvalue weighted by molar-refractivity contribution is 7.93. The molecular weight excluding hydrogens is 481 g/mol. The Balaban J connectivity index is 2.60. The molecule has 0 fully saturated rings. The smallest absolute Gasteiger partial charge is 0.240 e. The van der Waals surface area contributed by atoms with E-state index in [9.17, 15) is 8.42 Å². The lowest BCUT2D eigenvalue weighted by Crippen LogP contribution is -2.28. The summed E-state index contributed by atoms with van der Waals surface area (Å²) in [5.41, 5.74) is 0.831. The van der Waals surface area contributed by atoms with Crippen LogP contribution in [0, 0.1) is 0 Å². The molecule has 1 unspecified atom stereocenters. The summed E-state index contributed by atoms with van der Waals surface area (Å²) in [6.45, 7) is 1.66. The van der Waals surface area contributed by atoms with Crippen molar-refractivity contribution >= 4 is 96.5 Å². The van der Waals surface area contributed by atoms with E-state index < -0.39 is 18.7 Å². The number of nitrogens with two attached hydrogens (primary N) is 1. The molecule has 0 aromatic carbocycles.